The van der Waals surface area contributed by atoms with Gasteiger partial charge in [-0.3, -0.25) is 14.9 Å². The van der Waals surface area contributed by atoms with E-state index in [1.165, 1.54) is 5.56 Å². The Morgan fingerprint density at radius 1 is 0.812 bits per heavy atom. The minimum absolute atomic E-state index is 0.0752. The van der Waals surface area contributed by atoms with Gasteiger partial charge in [0, 0.05) is 17.1 Å². The van der Waals surface area contributed by atoms with E-state index in [9.17, 15) is 14.4 Å². The van der Waals surface area contributed by atoms with E-state index in [4.69, 9.17) is 0 Å². The number of amides is 4. The number of carbonyl (C=O) groups is 3. The van der Waals surface area contributed by atoms with E-state index in [1.807, 2.05) is 39.0 Å². The fourth-order valence-electron chi connectivity index (χ4n) is 4.21. The van der Waals surface area contributed by atoms with Crippen molar-refractivity contribution >= 4 is 29.6 Å². The highest BCUT2D eigenvalue weighted by atomic mass is 16.2. The monoisotopic (exact) mass is 427 g/mol. The van der Waals surface area contributed by atoms with Crippen LogP contribution in [0.2, 0.25) is 0 Å². The second-order valence-corrected chi connectivity index (χ2v) is 8.20. The molecule has 4 amide bonds. The van der Waals surface area contributed by atoms with Gasteiger partial charge >= 0.3 is 6.03 Å². The molecule has 0 saturated carbocycles. The SMILES string of the molecule is Cc1ccc(-n2c(C)cc(/C=C3\C(=O)NC(=O)N(c4ccccc4C)C3=O)c2C)c(C)c1. The smallest absolute Gasteiger partial charge is 0.318 e. The van der Waals surface area contributed by atoms with E-state index >= 15 is 0 Å². The molecule has 1 aliphatic heterocycles. The summed E-state index contributed by atoms with van der Waals surface area (Å²) in [7, 11) is 0. The maximum atomic E-state index is 13.2. The van der Waals surface area contributed by atoms with Crippen molar-refractivity contribution in [3.8, 4) is 5.69 Å². The Bertz CT molecular complexity index is 1310. The average Bonchev–Trinajstić information content (AvgIpc) is 3.00. The average molecular weight is 428 g/mol. The van der Waals surface area contributed by atoms with Gasteiger partial charge in [-0.2, -0.15) is 0 Å². The highest BCUT2D eigenvalue weighted by molar-refractivity contribution is 6.39. The van der Waals surface area contributed by atoms with Crippen molar-refractivity contribution in [3.05, 3.63) is 87.7 Å². The van der Waals surface area contributed by atoms with Gasteiger partial charge in [-0.05, 0) is 75.6 Å². The molecule has 0 aliphatic carbocycles. The third-order valence-electron chi connectivity index (χ3n) is 5.82. The fraction of sp³-hybridized carbons (Fsp3) is 0.192. The maximum Gasteiger partial charge on any atom is 0.335 e. The molecule has 0 spiro atoms. The molecular formula is C26H25N3O3. The summed E-state index contributed by atoms with van der Waals surface area (Å²) in [5, 5.41) is 2.30. The molecular weight excluding hydrogens is 402 g/mol. The van der Waals surface area contributed by atoms with Crippen LogP contribution in [0.4, 0.5) is 10.5 Å². The minimum atomic E-state index is -0.743. The molecule has 6 heteroatoms. The Kier molecular flexibility index (Phi) is 5.30. The second-order valence-electron chi connectivity index (χ2n) is 8.20. The highest BCUT2D eigenvalue weighted by Gasteiger charge is 2.37. The molecule has 1 aromatic heterocycles. The molecule has 0 radical (unpaired) electrons. The van der Waals surface area contributed by atoms with E-state index in [0.717, 1.165) is 38.7 Å². The van der Waals surface area contributed by atoms with Gasteiger partial charge in [0.25, 0.3) is 11.8 Å². The van der Waals surface area contributed by atoms with Gasteiger partial charge in [-0.1, -0.05) is 35.9 Å². The number of aromatic nitrogens is 1. The summed E-state index contributed by atoms with van der Waals surface area (Å²) < 4.78 is 2.11. The van der Waals surface area contributed by atoms with Gasteiger partial charge in [0.05, 0.1) is 5.69 Å². The first-order chi connectivity index (χ1) is 15.2. The maximum absolute atomic E-state index is 13.2. The van der Waals surface area contributed by atoms with Crippen molar-refractivity contribution < 1.29 is 14.4 Å². The van der Waals surface area contributed by atoms with Crippen molar-refractivity contribution in [1.82, 2.24) is 9.88 Å². The van der Waals surface area contributed by atoms with E-state index in [0.29, 0.717) is 5.69 Å². The lowest BCUT2D eigenvalue weighted by Gasteiger charge is -2.27. The number of para-hydroxylation sites is 1. The van der Waals surface area contributed by atoms with Crippen LogP contribution in [-0.2, 0) is 9.59 Å². The molecule has 0 atom stereocenters. The number of hydrogen-bond acceptors (Lipinski definition) is 3. The summed E-state index contributed by atoms with van der Waals surface area (Å²) in [6, 6.07) is 14.5. The van der Waals surface area contributed by atoms with Gasteiger partial charge in [-0.15, -0.1) is 0 Å². The first kappa shape index (κ1) is 21.3. The number of nitrogens with zero attached hydrogens (tertiary/aromatic N) is 2. The van der Waals surface area contributed by atoms with Crippen molar-refractivity contribution in [1.29, 1.82) is 0 Å². The van der Waals surface area contributed by atoms with Crippen LogP contribution < -0.4 is 10.2 Å². The highest BCUT2D eigenvalue weighted by Crippen LogP contribution is 2.28. The summed E-state index contributed by atoms with van der Waals surface area (Å²) in [5.74, 6) is -1.33. The molecule has 2 aromatic carbocycles. The van der Waals surface area contributed by atoms with Crippen molar-refractivity contribution in [2.45, 2.75) is 34.6 Å². The number of anilines is 1. The Hall–Kier alpha value is -3.93. The van der Waals surface area contributed by atoms with Crippen LogP contribution in [0, 0.1) is 34.6 Å². The zero-order valence-corrected chi connectivity index (χ0v) is 18.8. The lowest BCUT2D eigenvalue weighted by molar-refractivity contribution is -0.122. The number of carbonyl (C=O) groups excluding carboxylic acids is 3. The van der Waals surface area contributed by atoms with Crippen LogP contribution in [0.1, 0.15) is 33.6 Å². The Labute approximate surface area is 187 Å². The Balaban J connectivity index is 1.80. The van der Waals surface area contributed by atoms with Gasteiger partial charge < -0.3 is 4.57 Å². The van der Waals surface area contributed by atoms with Crippen LogP contribution in [0.15, 0.2) is 54.1 Å². The van der Waals surface area contributed by atoms with Crippen molar-refractivity contribution in [2.75, 3.05) is 4.90 Å². The number of urea groups is 1. The van der Waals surface area contributed by atoms with E-state index in [1.54, 1.807) is 18.2 Å². The van der Waals surface area contributed by atoms with Crippen molar-refractivity contribution in [3.63, 3.8) is 0 Å². The fourth-order valence-corrected chi connectivity index (χ4v) is 4.21. The predicted molar refractivity (Wildman–Crippen MR) is 125 cm³/mol. The summed E-state index contributed by atoms with van der Waals surface area (Å²) in [6.07, 6.45) is 1.57. The Morgan fingerprint density at radius 2 is 1.53 bits per heavy atom. The van der Waals surface area contributed by atoms with Gasteiger partial charge in [0.1, 0.15) is 5.57 Å². The number of benzene rings is 2. The normalized spacial score (nSPS) is 15.5. The molecule has 1 aliphatic rings. The van der Waals surface area contributed by atoms with E-state index in [2.05, 4.69) is 41.9 Å². The van der Waals surface area contributed by atoms with Crippen LogP contribution in [-0.4, -0.2) is 22.4 Å². The molecule has 1 saturated heterocycles. The van der Waals surface area contributed by atoms with Crippen LogP contribution >= 0.6 is 0 Å². The quantitative estimate of drug-likeness (QED) is 0.487. The van der Waals surface area contributed by atoms with Crippen LogP contribution in [0.5, 0.6) is 0 Å². The predicted octanol–water partition coefficient (Wildman–Crippen LogP) is 4.69. The van der Waals surface area contributed by atoms with Gasteiger partial charge in [0.15, 0.2) is 0 Å². The standard InChI is InChI=1S/C26H25N3O3/c1-15-10-11-23(17(3)12-15)28-18(4)13-20(19(28)5)14-21-24(30)27-26(32)29(25(21)31)22-9-7-6-8-16(22)2/h6-14H,1-5H3,(H,27,30,32)/b21-14+. The molecule has 1 N–H and O–H groups in total. The molecule has 3 aromatic rings. The molecule has 32 heavy (non-hydrogen) atoms. The van der Waals surface area contributed by atoms with Crippen LogP contribution in [0.3, 0.4) is 0 Å². The third-order valence-corrected chi connectivity index (χ3v) is 5.82. The molecule has 2 heterocycles. The summed E-state index contributed by atoms with van der Waals surface area (Å²) in [4.78, 5) is 39.3. The van der Waals surface area contributed by atoms with E-state index in [-0.39, 0.29) is 5.57 Å². The molecule has 6 nitrogen and oxygen atoms in total. The van der Waals surface area contributed by atoms with Crippen molar-refractivity contribution in [2.24, 2.45) is 0 Å². The zero-order chi connectivity index (χ0) is 23.2. The number of barbiturate groups is 1. The number of rotatable bonds is 3. The summed E-state index contributed by atoms with van der Waals surface area (Å²) >= 11 is 0. The largest absolute Gasteiger partial charge is 0.335 e. The number of aryl methyl sites for hydroxylation is 4. The topological polar surface area (TPSA) is 71.4 Å². The molecule has 0 unspecified atom stereocenters. The number of imide groups is 2. The third kappa shape index (κ3) is 3.54. The minimum Gasteiger partial charge on any atom is -0.318 e. The summed E-state index contributed by atoms with van der Waals surface area (Å²) in [5.41, 5.74) is 7.14. The molecule has 1 fully saturated rings. The van der Waals surface area contributed by atoms with E-state index < -0.39 is 17.8 Å². The van der Waals surface area contributed by atoms with Gasteiger partial charge in [-0.25, -0.2) is 9.69 Å². The zero-order valence-electron chi connectivity index (χ0n) is 18.8. The van der Waals surface area contributed by atoms with Crippen LogP contribution in [0.25, 0.3) is 11.8 Å². The van der Waals surface area contributed by atoms with Gasteiger partial charge in [0.2, 0.25) is 0 Å². The number of nitrogens with one attached hydrogen (secondary N) is 1. The first-order valence-corrected chi connectivity index (χ1v) is 10.4. The second kappa shape index (κ2) is 7.96. The molecule has 162 valence electrons. The summed E-state index contributed by atoms with van der Waals surface area (Å²) in [6.45, 7) is 9.86. The Morgan fingerprint density at radius 3 is 2.22 bits per heavy atom. The first-order valence-electron chi connectivity index (χ1n) is 10.4. The lowest BCUT2D eigenvalue weighted by atomic mass is 10.1. The molecule has 0 bridgehead atoms. The lowest BCUT2D eigenvalue weighted by Crippen LogP contribution is -2.54. The number of hydrogen-bond donors (Lipinski definition) is 1. The molecule has 4 rings (SSSR count).